The van der Waals surface area contributed by atoms with Crippen molar-refractivity contribution in [1.29, 1.82) is 0 Å². The van der Waals surface area contributed by atoms with Crippen LogP contribution in [-0.4, -0.2) is 10.1 Å². The number of halogens is 3. The maximum absolute atomic E-state index is 13.0. The first-order valence-corrected chi connectivity index (χ1v) is 6.71. The van der Waals surface area contributed by atoms with E-state index in [1.165, 1.54) is 18.2 Å². The summed E-state index contributed by atoms with van der Waals surface area (Å²) < 4.78 is 49.4. The van der Waals surface area contributed by atoms with Crippen LogP contribution in [-0.2, 0) is 12.8 Å². The predicted molar refractivity (Wildman–Crippen MR) is 75.5 cm³/mol. The number of benzene rings is 2. The van der Waals surface area contributed by atoms with Crippen LogP contribution >= 0.6 is 0 Å². The highest BCUT2D eigenvalue weighted by Crippen LogP contribution is 2.36. The van der Waals surface area contributed by atoms with Gasteiger partial charge in [-0.3, -0.25) is 0 Å². The van der Waals surface area contributed by atoms with Gasteiger partial charge in [0.25, 0.3) is 5.89 Å². The molecule has 0 N–H and O–H groups in total. The molecule has 0 unspecified atom stereocenters. The Morgan fingerprint density at radius 3 is 2.39 bits per heavy atom. The lowest BCUT2D eigenvalue weighted by Gasteiger charge is -2.09. The lowest BCUT2D eigenvalue weighted by atomic mass is 10.1. The van der Waals surface area contributed by atoms with Crippen molar-refractivity contribution in [2.75, 3.05) is 0 Å². The SMILES string of the molecule is FC(F)(F)c1ccccc1-c1nc(COc2ccccc2)no1. The van der Waals surface area contributed by atoms with Gasteiger partial charge in [0.15, 0.2) is 6.61 Å². The van der Waals surface area contributed by atoms with Gasteiger partial charge in [-0.15, -0.1) is 0 Å². The molecular formula is C16H11F3N2O2. The van der Waals surface area contributed by atoms with Crippen LogP contribution in [0.2, 0.25) is 0 Å². The molecule has 3 rings (SSSR count). The van der Waals surface area contributed by atoms with E-state index in [1.54, 1.807) is 24.3 Å². The molecule has 0 aliphatic rings. The molecule has 0 spiro atoms. The van der Waals surface area contributed by atoms with Gasteiger partial charge in [-0.2, -0.15) is 18.2 Å². The maximum Gasteiger partial charge on any atom is 0.417 e. The first kappa shape index (κ1) is 15.1. The number of alkyl halides is 3. The van der Waals surface area contributed by atoms with E-state index in [-0.39, 0.29) is 23.9 Å². The average Bonchev–Trinajstić information content (AvgIpc) is 3.02. The van der Waals surface area contributed by atoms with E-state index in [0.29, 0.717) is 5.75 Å². The molecular weight excluding hydrogens is 309 g/mol. The molecule has 0 amide bonds. The fourth-order valence-electron chi connectivity index (χ4n) is 2.00. The quantitative estimate of drug-likeness (QED) is 0.718. The lowest BCUT2D eigenvalue weighted by Crippen LogP contribution is -2.07. The number of aromatic nitrogens is 2. The van der Waals surface area contributed by atoms with E-state index < -0.39 is 11.7 Å². The predicted octanol–water partition coefficient (Wildman–Crippen LogP) is 4.33. The largest absolute Gasteiger partial charge is 0.485 e. The van der Waals surface area contributed by atoms with Gasteiger partial charge in [0.2, 0.25) is 5.82 Å². The molecule has 1 heterocycles. The zero-order valence-corrected chi connectivity index (χ0v) is 11.7. The second-order valence-corrected chi connectivity index (χ2v) is 4.66. The van der Waals surface area contributed by atoms with Crippen molar-refractivity contribution in [2.24, 2.45) is 0 Å². The average molecular weight is 320 g/mol. The first-order valence-electron chi connectivity index (χ1n) is 6.71. The molecule has 0 aliphatic carbocycles. The zero-order valence-electron chi connectivity index (χ0n) is 11.7. The van der Waals surface area contributed by atoms with E-state index in [9.17, 15) is 13.2 Å². The van der Waals surface area contributed by atoms with Crippen LogP contribution in [0.4, 0.5) is 13.2 Å². The van der Waals surface area contributed by atoms with Crippen molar-refractivity contribution >= 4 is 0 Å². The molecule has 2 aromatic carbocycles. The van der Waals surface area contributed by atoms with Crippen LogP contribution in [0.5, 0.6) is 5.75 Å². The second-order valence-electron chi connectivity index (χ2n) is 4.66. The van der Waals surface area contributed by atoms with Crippen molar-refractivity contribution in [3.05, 3.63) is 66.0 Å². The van der Waals surface area contributed by atoms with Crippen LogP contribution < -0.4 is 4.74 Å². The maximum atomic E-state index is 13.0. The number of nitrogens with zero attached hydrogens (tertiary/aromatic N) is 2. The lowest BCUT2D eigenvalue weighted by molar-refractivity contribution is -0.137. The van der Waals surface area contributed by atoms with Crippen LogP contribution in [0.1, 0.15) is 11.4 Å². The van der Waals surface area contributed by atoms with E-state index in [2.05, 4.69) is 10.1 Å². The summed E-state index contributed by atoms with van der Waals surface area (Å²) in [5.74, 6) is 0.583. The van der Waals surface area contributed by atoms with E-state index in [0.717, 1.165) is 6.07 Å². The van der Waals surface area contributed by atoms with Crippen LogP contribution in [0.3, 0.4) is 0 Å². The summed E-state index contributed by atoms with van der Waals surface area (Å²) in [6.07, 6.45) is -4.49. The van der Waals surface area contributed by atoms with Crippen molar-refractivity contribution < 1.29 is 22.4 Å². The van der Waals surface area contributed by atoms with Gasteiger partial charge in [0.1, 0.15) is 5.75 Å². The second kappa shape index (κ2) is 6.12. The van der Waals surface area contributed by atoms with Crippen molar-refractivity contribution in [1.82, 2.24) is 10.1 Å². The van der Waals surface area contributed by atoms with E-state index in [4.69, 9.17) is 9.26 Å². The summed E-state index contributed by atoms with van der Waals surface area (Å²) in [5.41, 5.74) is -0.974. The standard InChI is InChI=1S/C16H11F3N2O2/c17-16(18,19)13-9-5-4-8-12(13)15-20-14(21-23-15)10-22-11-6-2-1-3-7-11/h1-9H,10H2. The minimum absolute atomic E-state index is 0.00168. The fraction of sp³-hybridized carbons (Fsp3) is 0.125. The summed E-state index contributed by atoms with van der Waals surface area (Å²) in [6.45, 7) is 0.00168. The topological polar surface area (TPSA) is 48.2 Å². The molecule has 0 radical (unpaired) electrons. The van der Waals surface area contributed by atoms with E-state index >= 15 is 0 Å². The Balaban J connectivity index is 1.80. The highest BCUT2D eigenvalue weighted by molar-refractivity contribution is 5.59. The minimum Gasteiger partial charge on any atom is -0.485 e. The monoisotopic (exact) mass is 320 g/mol. The van der Waals surface area contributed by atoms with Gasteiger partial charge in [0.05, 0.1) is 11.1 Å². The molecule has 0 fully saturated rings. The number of hydrogen-bond acceptors (Lipinski definition) is 4. The summed E-state index contributed by atoms with van der Waals surface area (Å²) in [5, 5.41) is 3.65. The van der Waals surface area contributed by atoms with Gasteiger partial charge in [-0.25, -0.2) is 0 Å². The molecule has 3 aromatic rings. The highest BCUT2D eigenvalue weighted by atomic mass is 19.4. The molecule has 0 aliphatic heterocycles. The summed E-state index contributed by atoms with van der Waals surface area (Å²) in [6, 6.07) is 14.0. The summed E-state index contributed by atoms with van der Waals surface area (Å²) >= 11 is 0. The Morgan fingerprint density at radius 2 is 1.65 bits per heavy atom. The Bertz CT molecular complexity index is 785. The zero-order chi connectivity index (χ0) is 16.3. The Kier molecular flexibility index (Phi) is 4.01. The third-order valence-corrected chi connectivity index (χ3v) is 3.04. The first-order chi connectivity index (χ1) is 11.0. The van der Waals surface area contributed by atoms with Crippen LogP contribution in [0.25, 0.3) is 11.5 Å². The third kappa shape index (κ3) is 3.50. The molecule has 0 saturated carbocycles. The molecule has 0 bridgehead atoms. The molecule has 118 valence electrons. The summed E-state index contributed by atoms with van der Waals surface area (Å²) in [4.78, 5) is 3.97. The van der Waals surface area contributed by atoms with Gasteiger partial charge < -0.3 is 9.26 Å². The van der Waals surface area contributed by atoms with Gasteiger partial charge in [0, 0.05) is 0 Å². The minimum atomic E-state index is -4.49. The highest BCUT2D eigenvalue weighted by Gasteiger charge is 2.34. The summed E-state index contributed by atoms with van der Waals surface area (Å²) in [7, 11) is 0. The molecule has 1 aromatic heterocycles. The van der Waals surface area contributed by atoms with Gasteiger partial charge in [-0.05, 0) is 24.3 Å². The normalized spacial score (nSPS) is 11.4. The molecule has 4 nitrogen and oxygen atoms in total. The number of ether oxygens (including phenoxy) is 1. The van der Waals surface area contributed by atoms with Gasteiger partial charge >= 0.3 is 6.18 Å². The molecule has 7 heteroatoms. The Labute approximate surface area is 129 Å². The molecule has 0 atom stereocenters. The Morgan fingerprint density at radius 1 is 0.957 bits per heavy atom. The van der Waals surface area contributed by atoms with Crippen molar-refractivity contribution in [2.45, 2.75) is 12.8 Å². The number of hydrogen-bond donors (Lipinski definition) is 0. The third-order valence-electron chi connectivity index (χ3n) is 3.04. The molecule has 23 heavy (non-hydrogen) atoms. The fourth-order valence-corrected chi connectivity index (χ4v) is 2.00. The number of rotatable bonds is 4. The van der Waals surface area contributed by atoms with Gasteiger partial charge in [-0.1, -0.05) is 35.5 Å². The van der Waals surface area contributed by atoms with Crippen molar-refractivity contribution in [3.63, 3.8) is 0 Å². The Hall–Kier alpha value is -2.83. The molecule has 0 saturated heterocycles. The van der Waals surface area contributed by atoms with Crippen LogP contribution in [0.15, 0.2) is 59.1 Å². The van der Waals surface area contributed by atoms with Crippen LogP contribution in [0, 0.1) is 0 Å². The number of para-hydroxylation sites is 1. The van der Waals surface area contributed by atoms with Crippen molar-refractivity contribution in [3.8, 4) is 17.2 Å². The smallest absolute Gasteiger partial charge is 0.417 e. The van der Waals surface area contributed by atoms with E-state index in [1.807, 2.05) is 6.07 Å².